The van der Waals surface area contributed by atoms with Gasteiger partial charge in [0.25, 0.3) is 0 Å². The maximum atomic E-state index is 12.4. The Morgan fingerprint density at radius 3 is 2.23 bits per heavy atom. The predicted octanol–water partition coefficient (Wildman–Crippen LogP) is 3.24. The van der Waals surface area contributed by atoms with E-state index in [1.807, 2.05) is 0 Å². The second-order valence-corrected chi connectivity index (χ2v) is 4.67. The van der Waals surface area contributed by atoms with Crippen LogP contribution in [0.2, 0.25) is 0 Å². The zero-order chi connectivity index (χ0) is 16.9. The zero-order valence-electron chi connectivity index (χ0n) is 12.1. The molecule has 0 aliphatic rings. The molecule has 1 aromatic carbocycles. The Hall–Kier alpha value is -2.31. The van der Waals surface area contributed by atoms with E-state index in [4.69, 9.17) is 5.11 Å². The molecule has 0 spiro atoms. The van der Waals surface area contributed by atoms with E-state index in [-0.39, 0.29) is 5.56 Å². The lowest BCUT2D eigenvalue weighted by Gasteiger charge is -2.13. The summed E-state index contributed by atoms with van der Waals surface area (Å²) in [5.41, 5.74) is -0.329. The van der Waals surface area contributed by atoms with Crippen LogP contribution in [0.4, 0.5) is 13.2 Å². The zero-order valence-corrected chi connectivity index (χ0v) is 12.1. The van der Waals surface area contributed by atoms with Crippen molar-refractivity contribution in [3.05, 3.63) is 47.2 Å². The maximum absolute atomic E-state index is 12.4. The van der Waals surface area contributed by atoms with Crippen molar-refractivity contribution in [1.29, 1.82) is 0 Å². The third-order valence-electron chi connectivity index (χ3n) is 2.96. The van der Waals surface area contributed by atoms with E-state index in [0.29, 0.717) is 12.1 Å². The van der Waals surface area contributed by atoms with Gasteiger partial charge in [-0.2, -0.15) is 13.2 Å². The van der Waals surface area contributed by atoms with E-state index in [0.717, 1.165) is 24.3 Å². The Bertz CT molecular complexity index is 577. The molecule has 1 unspecified atom stereocenters. The summed E-state index contributed by atoms with van der Waals surface area (Å²) in [6, 6.07) is 2.98. The molecule has 0 bridgehead atoms. The Labute approximate surface area is 125 Å². The number of hydrogen-bond donors (Lipinski definition) is 2. The van der Waals surface area contributed by atoms with Gasteiger partial charge in [0.1, 0.15) is 6.04 Å². The number of aliphatic carboxylic acids is 1. The van der Waals surface area contributed by atoms with Crippen LogP contribution in [0.3, 0.4) is 0 Å². The number of carboxylic acids is 1. The van der Waals surface area contributed by atoms with Crippen molar-refractivity contribution in [1.82, 2.24) is 5.32 Å². The summed E-state index contributed by atoms with van der Waals surface area (Å²) < 4.78 is 37.3. The van der Waals surface area contributed by atoms with E-state index >= 15 is 0 Å². The van der Waals surface area contributed by atoms with Crippen molar-refractivity contribution in [2.45, 2.75) is 32.5 Å². The summed E-state index contributed by atoms with van der Waals surface area (Å²) in [5, 5.41) is 11.5. The van der Waals surface area contributed by atoms with Crippen LogP contribution in [0.25, 0.3) is 0 Å². The number of carbonyl (C=O) groups is 2. The summed E-state index contributed by atoms with van der Waals surface area (Å²) in [5.74, 6) is -1.56. The van der Waals surface area contributed by atoms with Crippen LogP contribution in [-0.4, -0.2) is 22.9 Å². The molecule has 0 radical (unpaired) electrons. The number of rotatable bonds is 6. The van der Waals surface area contributed by atoms with Gasteiger partial charge in [0.05, 0.1) is 5.56 Å². The molecular formula is C15H16F3NO3. The van der Waals surface area contributed by atoms with Crippen LogP contribution in [0, 0.1) is 0 Å². The van der Waals surface area contributed by atoms with Crippen molar-refractivity contribution >= 4 is 11.8 Å². The first kappa shape index (κ1) is 17.7. The number of carboxylic acid groups (broad SMARTS) is 1. The number of halogens is 3. The van der Waals surface area contributed by atoms with E-state index < -0.39 is 29.5 Å². The van der Waals surface area contributed by atoms with E-state index in [2.05, 4.69) is 5.32 Å². The number of carbonyl (C=O) groups excluding carboxylic acids is 1. The largest absolute Gasteiger partial charge is 0.480 e. The lowest BCUT2D eigenvalue weighted by molar-refractivity contribution is -0.139. The molecule has 1 aromatic rings. The van der Waals surface area contributed by atoms with Crippen LogP contribution >= 0.6 is 0 Å². The van der Waals surface area contributed by atoms with E-state index in [1.54, 1.807) is 6.92 Å². The Morgan fingerprint density at radius 1 is 1.27 bits per heavy atom. The number of nitrogens with one attached hydrogen (secondary N) is 1. The first-order chi connectivity index (χ1) is 10.1. The highest BCUT2D eigenvalue weighted by Crippen LogP contribution is 2.29. The molecule has 1 rings (SSSR count). The highest BCUT2D eigenvalue weighted by molar-refractivity contribution is 6.04. The fraction of sp³-hybridized carbons (Fsp3) is 0.333. The van der Waals surface area contributed by atoms with Gasteiger partial charge in [-0.15, -0.1) is 0 Å². The number of alkyl halides is 3. The average molecular weight is 315 g/mol. The molecule has 0 aliphatic heterocycles. The third kappa shape index (κ3) is 4.91. The SMILES string of the molecule is CC/C(=C/C(=O)c1ccc(C(F)(F)F)cc1)NC(C)C(=O)O. The molecule has 0 aromatic heterocycles. The van der Waals surface area contributed by atoms with Crippen molar-refractivity contribution in [2.75, 3.05) is 0 Å². The number of allylic oxidation sites excluding steroid dienone is 2. The number of hydrogen-bond acceptors (Lipinski definition) is 3. The first-order valence-electron chi connectivity index (χ1n) is 6.56. The number of benzene rings is 1. The molecule has 2 N–H and O–H groups in total. The molecule has 0 saturated carbocycles. The van der Waals surface area contributed by atoms with Gasteiger partial charge in [-0.3, -0.25) is 9.59 Å². The van der Waals surface area contributed by atoms with Crippen molar-refractivity contribution in [2.24, 2.45) is 0 Å². The minimum absolute atomic E-state index is 0.101. The van der Waals surface area contributed by atoms with Crippen LogP contribution < -0.4 is 5.32 Å². The maximum Gasteiger partial charge on any atom is 0.416 e. The van der Waals surface area contributed by atoms with Gasteiger partial charge in [0.15, 0.2) is 5.78 Å². The second-order valence-electron chi connectivity index (χ2n) is 4.67. The monoisotopic (exact) mass is 315 g/mol. The van der Waals surface area contributed by atoms with Crippen LogP contribution in [-0.2, 0) is 11.0 Å². The predicted molar refractivity (Wildman–Crippen MR) is 74.4 cm³/mol. The lowest BCUT2D eigenvalue weighted by Crippen LogP contribution is -2.33. The van der Waals surface area contributed by atoms with Crippen molar-refractivity contribution in [3.63, 3.8) is 0 Å². The Morgan fingerprint density at radius 2 is 1.82 bits per heavy atom. The van der Waals surface area contributed by atoms with E-state index in [9.17, 15) is 22.8 Å². The lowest BCUT2D eigenvalue weighted by atomic mass is 10.1. The molecule has 1 atom stereocenters. The Kier molecular flexibility index (Phi) is 5.73. The molecule has 22 heavy (non-hydrogen) atoms. The molecule has 120 valence electrons. The summed E-state index contributed by atoms with van der Waals surface area (Å²) in [6.07, 6.45) is -2.86. The number of ketones is 1. The highest BCUT2D eigenvalue weighted by Gasteiger charge is 2.30. The average Bonchev–Trinajstić information content (AvgIpc) is 2.45. The molecular weight excluding hydrogens is 299 g/mol. The molecule has 0 amide bonds. The fourth-order valence-electron chi connectivity index (χ4n) is 1.65. The smallest absolute Gasteiger partial charge is 0.416 e. The first-order valence-corrected chi connectivity index (χ1v) is 6.56. The normalized spacial score (nSPS) is 13.6. The van der Waals surface area contributed by atoms with E-state index in [1.165, 1.54) is 13.0 Å². The standard InChI is InChI=1S/C15H16F3NO3/c1-3-12(19-9(2)14(21)22)8-13(20)10-4-6-11(7-5-10)15(16,17)18/h4-9,19H,3H2,1-2H3,(H,21,22)/b12-8-. The van der Waals surface area contributed by atoms with Gasteiger partial charge in [0, 0.05) is 17.3 Å². The highest BCUT2D eigenvalue weighted by atomic mass is 19.4. The van der Waals surface area contributed by atoms with Crippen molar-refractivity contribution < 1.29 is 27.9 Å². The fourth-order valence-corrected chi connectivity index (χ4v) is 1.65. The van der Waals surface area contributed by atoms with Crippen molar-refractivity contribution in [3.8, 4) is 0 Å². The van der Waals surface area contributed by atoms with Gasteiger partial charge in [-0.1, -0.05) is 19.1 Å². The topological polar surface area (TPSA) is 66.4 Å². The molecule has 7 heteroatoms. The molecule has 0 aliphatic carbocycles. The molecule has 0 fully saturated rings. The summed E-state index contributed by atoms with van der Waals surface area (Å²) >= 11 is 0. The second kappa shape index (κ2) is 7.11. The quantitative estimate of drug-likeness (QED) is 0.625. The molecule has 0 heterocycles. The summed E-state index contributed by atoms with van der Waals surface area (Å²) in [6.45, 7) is 3.15. The van der Waals surface area contributed by atoms with Crippen LogP contribution in [0.15, 0.2) is 36.0 Å². The molecule has 4 nitrogen and oxygen atoms in total. The van der Waals surface area contributed by atoms with Gasteiger partial charge in [-0.25, -0.2) is 0 Å². The third-order valence-corrected chi connectivity index (χ3v) is 2.96. The summed E-state index contributed by atoms with van der Waals surface area (Å²) in [4.78, 5) is 22.7. The van der Waals surface area contributed by atoms with Gasteiger partial charge < -0.3 is 10.4 Å². The van der Waals surface area contributed by atoms with Gasteiger partial charge in [0.2, 0.25) is 0 Å². The molecule has 0 saturated heterocycles. The van der Waals surface area contributed by atoms with Gasteiger partial charge in [-0.05, 0) is 25.5 Å². The van der Waals surface area contributed by atoms with Gasteiger partial charge >= 0.3 is 12.1 Å². The van der Waals surface area contributed by atoms with Crippen LogP contribution in [0.1, 0.15) is 36.2 Å². The Balaban J connectivity index is 2.90. The minimum atomic E-state index is -4.45. The van der Waals surface area contributed by atoms with Crippen LogP contribution in [0.5, 0.6) is 0 Å². The minimum Gasteiger partial charge on any atom is -0.480 e. The summed E-state index contributed by atoms with van der Waals surface area (Å²) in [7, 11) is 0.